The van der Waals surface area contributed by atoms with Crippen LogP contribution in [0.15, 0.2) is 11.6 Å². The Kier molecular flexibility index (Phi) is 5.03. The van der Waals surface area contributed by atoms with Crippen molar-refractivity contribution in [1.82, 2.24) is 0 Å². The first-order chi connectivity index (χ1) is 12.9. The fourth-order valence-corrected chi connectivity index (χ4v) is 8.14. The lowest BCUT2D eigenvalue weighted by molar-refractivity contribution is -0.254. The zero-order valence-corrected chi connectivity index (χ0v) is 17.7. The van der Waals surface area contributed by atoms with Gasteiger partial charge in [0.25, 0.3) is 0 Å². The number of aliphatic hydroxyl groups is 2. The van der Waals surface area contributed by atoms with Crippen molar-refractivity contribution >= 4 is 10.4 Å². The summed E-state index contributed by atoms with van der Waals surface area (Å²) in [6, 6.07) is 0. The highest BCUT2D eigenvalue weighted by atomic mass is 32.3. The molecule has 0 amide bonds. The summed E-state index contributed by atoms with van der Waals surface area (Å²) in [6.07, 6.45) is 12.9. The zero-order chi connectivity index (χ0) is 20.4. The Morgan fingerprint density at radius 3 is 2.50 bits per heavy atom. The molecular weight excluding hydrogens is 380 g/mol. The summed E-state index contributed by atoms with van der Waals surface area (Å²) in [5, 5.41) is 19.9. The molecule has 0 aromatic carbocycles. The van der Waals surface area contributed by atoms with Gasteiger partial charge in [-0.3, -0.25) is 4.55 Å². The highest BCUT2D eigenvalue weighted by molar-refractivity contribution is 7.80. The van der Waals surface area contributed by atoms with E-state index in [2.05, 4.69) is 18.0 Å². The molecule has 160 valence electrons. The molecule has 0 spiro atoms. The molecule has 0 heterocycles. The maximum atomic E-state index is 10.9. The van der Waals surface area contributed by atoms with E-state index < -0.39 is 16.4 Å². The van der Waals surface area contributed by atoms with Crippen LogP contribution < -0.4 is 0 Å². The van der Waals surface area contributed by atoms with E-state index in [0.717, 1.165) is 42.7 Å². The number of rotatable bonds is 3. The van der Waals surface area contributed by atoms with E-state index in [1.54, 1.807) is 0 Å². The summed E-state index contributed by atoms with van der Waals surface area (Å²) in [5.41, 5.74) is 1.12. The molecule has 0 bridgehead atoms. The highest BCUT2D eigenvalue weighted by Crippen LogP contribution is 2.67. The van der Waals surface area contributed by atoms with Crippen LogP contribution in [-0.2, 0) is 14.6 Å². The summed E-state index contributed by atoms with van der Waals surface area (Å²) in [7, 11) is -4.96. The molecule has 4 rings (SSSR count). The monoisotopic (exact) mass is 414 g/mol. The van der Waals surface area contributed by atoms with E-state index in [4.69, 9.17) is 4.55 Å². The minimum atomic E-state index is -4.96. The fraction of sp³-hybridized carbons (Fsp3) is 0.905. The quantitative estimate of drug-likeness (QED) is 0.369. The van der Waals surface area contributed by atoms with Crippen LogP contribution >= 0.6 is 0 Å². The lowest BCUT2D eigenvalue weighted by Gasteiger charge is -2.60. The van der Waals surface area contributed by atoms with Gasteiger partial charge in [0.1, 0.15) is 0 Å². The van der Waals surface area contributed by atoms with Crippen LogP contribution in [0.4, 0.5) is 0 Å². The first-order valence-electron chi connectivity index (χ1n) is 10.8. The van der Waals surface area contributed by atoms with Gasteiger partial charge in [-0.2, -0.15) is 12.6 Å². The maximum Gasteiger partial charge on any atom is 0.402 e. The molecule has 0 radical (unpaired) electrons. The second-order valence-electron chi connectivity index (χ2n) is 10.2. The first kappa shape index (κ1) is 20.8. The first-order valence-corrected chi connectivity index (χ1v) is 12.2. The van der Waals surface area contributed by atoms with Crippen molar-refractivity contribution in [2.24, 2.45) is 34.5 Å². The summed E-state index contributed by atoms with van der Waals surface area (Å²) in [5.74, 6) is -0.276. The molecule has 4 aliphatic carbocycles. The molecule has 6 nitrogen and oxygen atoms in total. The van der Waals surface area contributed by atoms with Crippen molar-refractivity contribution < 1.29 is 27.4 Å². The molecule has 7 heteroatoms. The molecule has 4 aliphatic rings. The zero-order valence-electron chi connectivity index (χ0n) is 16.9. The van der Waals surface area contributed by atoms with Gasteiger partial charge in [0.2, 0.25) is 0 Å². The third-order valence-electron chi connectivity index (χ3n) is 9.02. The largest absolute Gasteiger partial charge is 0.402 e. The third-order valence-corrected chi connectivity index (χ3v) is 9.48. The standard InChI is InChI=1S/C21H34O6S/c1-19-11-4-3-5-14(19)6-8-16-17-9-7-15(20(17,2)12-10-18(16)19)13-21(22,23)27-28(24,25)26/h13-14,16-18,22-23H,3-12H2,1-2H3,(H,24,25,26)/b15-13+/t14?,16-,17-,18-,19-,20+/m0/s1. The molecule has 6 atom stereocenters. The third kappa shape index (κ3) is 3.47. The highest BCUT2D eigenvalue weighted by Gasteiger charge is 2.58. The van der Waals surface area contributed by atoms with E-state index in [9.17, 15) is 18.6 Å². The van der Waals surface area contributed by atoms with Crippen LogP contribution in [0.25, 0.3) is 0 Å². The van der Waals surface area contributed by atoms with E-state index in [-0.39, 0.29) is 5.41 Å². The van der Waals surface area contributed by atoms with Crippen LogP contribution in [0.2, 0.25) is 0 Å². The average molecular weight is 415 g/mol. The summed E-state index contributed by atoms with van der Waals surface area (Å²) >= 11 is 0. The molecule has 1 unspecified atom stereocenters. The maximum absolute atomic E-state index is 10.9. The molecule has 28 heavy (non-hydrogen) atoms. The molecule has 4 saturated carbocycles. The molecule has 0 aromatic rings. The molecule has 4 fully saturated rings. The predicted octanol–water partition coefficient (Wildman–Crippen LogP) is 3.80. The van der Waals surface area contributed by atoms with Crippen LogP contribution in [0.5, 0.6) is 0 Å². The average Bonchev–Trinajstić information content (AvgIpc) is 2.88. The van der Waals surface area contributed by atoms with Gasteiger partial charge in [0.15, 0.2) is 0 Å². The number of allylic oxidation sites excluding steroid dienone is 1. The molecule has 0 aromatic heterocycles. The SMILES string of the molecule is C[C@]12CCCCC1CC[C@@H]1[C@@H]2CC[C@]2(C)/C(=C/C(O)(O)OS(=O)(=O)O)CC[C@@H]12. The Hall–Kier alpha value is -0.470. The summed E-state index contributed by atoms with van der Waals surface area (Å²) in [6.45, 7) is 4.71. The lowest BCUT2D eigenvalue weighted by atomic mass is 9.45. The Bertz CT molecular complexity index is 759. The van der Waals surface area contributed by atoms with Crippen LogP contribution in [0.1, 0.15) is 78.1 Å². The van der Waals surface area contributed by atoms with Gasteiger partial charge in [-0.05, 0) is 85.9 Å². The molecule has 0 saturated heterocycles. The molecular formula is C21H34O6S. The second kappa shape index (κ2) is 6.77. The topological polar surface area (TPSA) is 104 Å². The van der Waals surface area contributed by atoms with Crippen molar-refractivity contribution in [1.29, 1.82) is 0 Å². The van der Waals surface area contributed by atoms with Crippen molar-refractivity contribution in [3.8, 4) is 0 Å². The van der Waals surface area contributed by atoms with Gasteiger partial charge in [-0.15, -0.1) is 0 Å². The van der Waals surface area contributed by atoms with Crippen molar-refractivity contribution in [2.45, 2.75) is 84.0 Å². The number of hydrogen-bond donors (Lipinski definition) is 3. The lowest BCUT2D eigenvalue weighted by Crippen LogP contribution is -2.52. The normalized spacial score (nSPS) is 45.4. The Balaban J connectivity index is 1.59. The smallest absolute Gasteiger partial charge is 0.339 e. The Morgan fingerprint density at radius 2 is 1.79 bits per heavy atom. The Labute approximate surface area is 168 Å². The molecule has 0 aliphatic heterocycles. The van der Waals surface area contributed by atoms with Gasteiger partial charge in [0, 0.05) is 6.08 Å². The van der Waals surface area contributed by atoms with Crippen molar-refractivity contribution in [3.05, 3.63) is 11.6 Å². The van der Waals surface area contributed by atoms with Crippen molar-refractivity contribution in [3.63, 3.8) is 0 Å². The van der Waals surface area contributed by atoms with Gasteiger partial charge < -0.3 is 10.2 Å². The summed E-state index contributed by atoms with van der Waals surface area (Å²) in [4.78, 5) is 0. The van der Waals surface area contributed by atoms with E-state index in [1.807, 2.05) is 0 Å². The number of hydrogen-bond acceptors (Lipinski definition) is 5. The van der Waals surface area contributed by atoms with Crippen LogP contribution in [-0.4, -0.2) is 29.2 Å². The number of fused-ring (bicyclic) bond motifs is 5. The van der Waals surface area contributed by atoms with E-state index in [1.165, 1.54) is 38.5 Å². The Morgan fingerprint density at radius 1 is 1.04 bits per heavy atom. The minimum absolute atomic E-state index is 0.168. The molecule has 3 N–H and O–H groups in total. The van der Waals surface area contributed by atoms with Crippen LogP contribution in [0.3, 0.4) is 0 Å². The van der Waals surface area contributed by atoms with Gasteiger partial charge in [-0.1, -0.05) is 32.3 Å². The fourth-order valence-electron chi connectivity index (χ4n) is 7.79. The van der Waals surface area contributed by atoms with E-state index in [0.29, 0.717) is 23.7 Å². The van der Waals surface area contributed by atoms with Gasteiger partial charge in [-0.25, -0.2) is 0 Å². The second-order valence-corrected chi connectivity index (χ2v) is 11.3. The minimum Gasteiger partial charge on any atom is -0.339 e. The predicted molar refractivity (Wildman–Crippen MR) is 104 cm³/mol. The van der Waals surface area contributed by atoms with Gasteiger partial charge in [0.05, 0.1) is 0 Å². The van der Waals surface area contributed by atoms with Crippen LogP contribution in [0, 0.1) is 34.5 Å². The van der Waals surface area contributed by atoms with Gasteiger partial charge >= 0.3 is 16.4 Å². The van der Waals surface area contributed by atoms with E-state index >= 15 is 0 Å². The summed E-state index contributed by atoms with van der Waals surface area (Å²) < 4.78 is 34.7. The van der Waals surface area contributed by atoms with Crippen molar-refractivity contribution in [2.75, 3.05) is 0 Å².